The van der Waals surface area contributed by atoms with Crippen LogP contribution in [-0.2, 0) is 19.9 Å². The Kier molecular flexibility index (Phi) is 4.49. The van der Waals surface area contributed by atoms with Crippen LogP contribution in [0.4, 0.5) is 0 Å². The molecule has 1 heterocycles. The molecule has 1 saturated carbocycles. The van der Waals surface area contributed by atoms with E-state index >= 15 is 0 Å². The van der Waals surface area contributed by atoms with Crippen LogP contribution in [0.1, 0.15) is 44.0 Å². The van der Waals surface area contributed by atoms with Gasteiger partial charge in [-0.2, -0.15) is 5.10 Å². The van der Waals surface area contributed by atoms with Crippen LogP contribution in [-0.4, -0.2) is 23.4 Å². The first-order chi connectivity index (χ1) is 8.62. The summed E-state index contributed by atoms with van der Waals surface area (Å²) in [7, 11) is 4.14. The molecule has 0 aliphatic heterocycles. The van der Waals surface area contributed by atoms with E-state index < -0.39 is 0 Å². The lowest BCUT2D eigenvalue weighted by Gasteiger charge is -2.29. The topological polar surface area (TPSA) is 29.9 Å². The molecule has 1 N–H and O–H groups in total. The van der Waals surface area contributed by atoms with Crippen molar-refractivity contribution < 1.29 is 0 Å². The summed E-state index contributed by atoms with van der Waals surface area (Å²) in [5.41, 5.74) is 2.99. The molecule has 1 aliphatic rings. The van der Waals surface area contributed by atoms with E-state index in [2.05, 4.69) is 52.0 Å². The fraction of sp³-hybridized carbons (Fsp3) is 0.786. The Balaban J connectivity index is 2.24. The van der Waals surface area contributed by atoms with E-state index in [0.717, 1.165) is 19.4 Å². The van der Waals surface area contributed by atoms with Gasteiger partial charge in [-0.05, 0) is 54.1 Å². The highest BCUT2D eigenvalue weighted by Crippen LogP contribution is 2.41. The minimum absolute atomic E-state index is 0.441. The summed E-state index contributed by atoms with van der Waals surface area (Å²) >= 11 is 3.74. The van der Waals surface area contributed by atoms with Crippen molar-refractivity contribution in [3.05, 3.63) is 15.9 Å². The third-order valence-electron chi connectivity index (χ3n) is 4.26. The molecule has 0 unspecified atom stereocenters. The van der Waals surface area contributed by atoms with Crippen LogP contribution in [0.2, 0.25) is 0 Å². The van der Waals surface area contributed by atoms with Gasteiger partial charge in [-0.3, -0.25) is 4.68 Å². The first-order valence-electron chi connectivity index (χ1n) is 6.97. The molecule has 0 radical (unpaired) electrons. The van der Waals surface area contributed by atoms with Crippen molar-refractivity contribution in [2.24, 2.45) is 12.5 Å². The van der Waals surface area contributed by atoms with Crippen molar-refractivity contribution in [2.75, 3.05) is 13.6 Å². The molecule has 2 rings (SSSR count). The molecule has 1 aromatic heterocycles. The number of aryl methyl sites for hydroxylation is 2. The lowest BCUT2D eigenvalue weighted by molar-refractivity contribution is 0.279. The number of rotatable bonds is 5. The maximum Gasteiger partial charge on any atom is 0.0766 e. The first-order valence-corrected chi connectivity index (χ1v) is 7.76. The van der Waals surface area contributed by atoms with Crippen molar-refractivity contribution in [1.82, 2.24) is 15.1 Å². The van der Waals surface area contributed by atoms with Gasteiger partial charge in [0.1, 0.15) is 0 Å². The Bertz CT molecular complexity index is 405. The van der Waals surface area contributed by atoms with Crippen LogP contribution < -0.4 is 5.32 Å². The zero-order valence-electron chi connectivity index (χ0n) is 11.7. The average molecular weight is 314 g/mol. The number of hydrogen-bond donors (Lipinski definition) is 1. The number of nitrogens with zero attached hydrogens (tertiary/aromatic N) is 2. The van der Waals surface area contributed by atoms with Gasteiger partial charge in [-0.25, -0.2) is 0 Å². The highest BCUT2D eigenvalue weighted by Gasteiger charge is 2.35. The number of aromatic nitrogens is 2. The summed E-state index contributed by atoms with van der Waals surface area (Å²) in [5, 5.41) is 8.00. The van der Waals surface area contributed by atoms with E-state index in [1.54, 1.807) is 0 Å². The zero-order valence-corrected chi connectivity index (χ0v) is 13.3. The maximum atomic E-state index is 4.61. The van der Waals surface area contributed by atoms with Crippen molar-refractivity contribution in [2.45, 2.75) is 45.4 Å². The van der Waals surface area contributed by atoms with E-state index in [0.29, 0.717) is 5.41 Å². The molecule has 4 heteroatoms. The van der Waals surface area contributed by atoms with Gasteiger partial charge in [0, 0.05) is 13.6 Å². The predicted molar refractivity (Wildman–Crippen MR) is 78.8 cm³/mol. The molecule has 0 atom stereocenters. The van der Waals surface area contributed by atoms with Gasteiger partial charge in [0.25, 0.3) is 0 Å². The summed E-state index contributed by atoms with van der Waals surface area (Å²) in [6, 6.07) is 0. The van der Waals surface area contributed by atoms with E-state index in [-0.39, 0.29) is 0 Å². The van der Waals surface area contributed by atoms with Crippen molar-refractivity contribution in [1.29, 1.82) is 0 Å². The minimum atomic E-state index is 0.441. The highest BCUT2D eigenvalue weighted by molar-refractivity contribution is 9.10. The van der Waals surface area contributed by atoms with Crippen LogP contribution in [0.5, 0.6) is 0 Å². The van der Waals surface area contributed by atoms with E-state index in [9.17, 15) is 0 Å². The van der Waals surface area contributed by atoms with E-state index in [1.807, 2.05) is 0 Å². The van der Waals surface area contributed by atoms with Crippen LogP contribution in [0, 0.1) is 5.41 Å². The third kappa shape index (κ3) is 2.64. The molecule has 0 bridgehead atoms. The highest BCUT2D eigenvalue weighted by atomic mass is 79.9. The fourth-order valence-electron chi connectivity index (χ4n) is 3.28. The number of halogens is 1. The average Bonchev–Trinajstić information content (AvgIpc) is 2.90. The second kappa shape index (κ2) is 5.74. The quantitative estimate of drug-likeness (QED) is 0.905. The predicted octanol–water partition coefficient (Wildman–Crippen LogP) is 3.07. The standard InChI is InChI=1S/C14H24BrN3/c1-4-11-13(15)12(18(3)17-11)9-14(10-16-2)7-5-6-8-14/h16H,4-10H2,1-3H3. The first kappa shape index (κ1) is 14.1. The Hall–Kier alpha value is -0.350. The molecular formula is C14H24BrN3. The summed E-state index contributed by atoms with van der Waals surface area (Å²) in [4.78, 5) is 0. The van der Waals surface area contributed by atoms with Crippen molar-refractivity contribution in [3.63, 3.8) is 0 Å². The second-order valence-electron chi connectivity index (χ2n) is 5.60. The van der Waals surface area contributed by atoms with Crippen LogP contribution in [0.15, 0.2) is 4.47 Å². The SMILES string of the molecule is CCc1nn(C)c(CC2(CNC)CCCC2)c1Br. The fourth-order valence-corrected chi connectivity index (χ4v) is 4.04. The summed E-state index contributed by atoms with van der Waals surface area (Å²) in [6.45, 7) is 3.28. The zero-order chi connectivity index (χ0) is 13.2. The van der Waals surface area contributed by atoms with Crippen molar-refractivity contribution >= 4 is 15.9 Å². The normalized spacial score (nSPS) is 18.4. The van der Waals surface area contributed by atoms with Gasteiger partial charge in [0.15, 0.2) is 0 Å². The summed E-state index contributed by atoms with van der Waals surface area (Å²) in [5.74, 6) is 0. The Labute approximate surface area is 118 Å². The van der Waals surface area contributed by atoms with Crippen molar-refractivity contribution in [3.8, 4) is 0 Å². The summed E-state index contributed by atoms with van der Waals surface area (Å²) < 4.78 is 3.30. The molecule has 1 aliphatic carbocycles. The molecule has 0 aromatic carbocycles. The Morgan fingerprint density at radius 2 is 2.06 bits per heavy atom. The van der Waals surface area contributed by atoms with Gasteiger partial charge < -0.3 is 5.32 Å². The molecule has 0 spiro atoms. The van der Waals surface area contributed by atoms with Crippen LogP contribution >= 0.6 is 15.9 Å². The number of nitrogens with one attached hydrogen (secondary N) is 1. The molecule has 0 saturated heterocycles. The molecule has 0 amide bonds. The third-order valence-corrected chi connectivity index (χ3v) is 5.18. The van der Waals surface area contributed by atoms with Gasteiger partial charge in [-0.15, -0.1) is 0 Å². The van der Waals surface area contributed by atoms with Crippen LogP contribution in [0.25, 0.3) is 0 Å². The molecule has 1 fully saturated rings. The molecule has 102 valence electrons. The molecule has 1 aromatic rings. The van der Waals surface area contributed by atoms with Gasteiger partial charge in [-0.1, -0.05) is 19.8 Å². The Morgan fingerprint density at radius 1 is 1.39 bits per heavy atom. The maximum absolute atomic E-state index is 4.61. The largest absolute Gasteiger partial charge is 0.319 e. The van der Waals surface area contributed by atoms with E-state index in [4.69, 9.17) is 0 Å². The minimum Gasteiger partial charge on any atom is -0.319 e. The summed E-state index contributed by atoms with van der Waals surface area (Å²) in [6.07, 6.45) is 7.56. The molecule has 3 nitrogen and oxygen atoms in total. The van der Waals surface area contributed by atoms with Crippen LogP contribution in [0.3, 0.4) is 0 Å². The van der Waals surface area contributed by atoms with Gasteiger partial charge in [0.05, 0.1) is 15.9 Å². The van der Waals surface area contributed by atoms with Gasteiger partial charge >= 0.3 is 0 Å². The van der Waals surface area contributed by atoms with E-state index in [1.165, 1.54) is 41.5 Å². The monoisotopic (exact) mass is 313 g/mol. The number of hydrogen-bond acceptors (Lipinski definition) is 2. The smallest absolute Gasteiger partial charge is 0.0766 e. The lowest BCUT2D eigenvalue weighted by Crippen LogP contribution is -2.32. The molecule has 18 heavy (non-hydrogen) atoms. The molecular weight excluding hydrogens is 290 g/mol. The Morgan fingerprint density at radius 3 is 2.56 bits per heavy atom. The lowest BCUT2D eigenvalue weighted by atomic mass is 9.81. The second-order valence-corrected chi connectivity index (χ2v) is 6.39. The van der Waals surface area contributed by atoms with Gasteiger partial charge in [0.2, 0.25) is 0 Å².